The van der Waals surface area contributed by atoms with Crippen molar-refractivity contribution < 1.29 is 18.7 Å². The summed E-state index contributed by atoms with van der Waals surface area (Å²) in [5.41, 5.74) is 3.19. The molecule has 188 valence electrons. The Hall–Kier alpha value is -3.73. The topological polar surface area (TPSA) is 129 Å². The summed E-state index contributed by atoms with van der Waals surface area (Å²) >= 11 is -2.15. The number of aliphatic hydroxyl groups is 1. The molecule has 0 radical (unpaired) electrons. The van der Waals surface area contributed by atoms with Gasteiger partial charge in [-0.15, -0.1) is 0 Å². The Morgan fingerprint density at radius 1 is 1.03 bits per heavy atom. The first kappa shape index (κ1) is 23.7. The third-order valence-corrected chi connectivity index (χ3v) is 7.82. The minimum absolute atomic E-state index is 0.167. The first-order valence-electron chi connectivity index (χ1n) is 12.1. The lowest BCUT2D eigenvalue weighted by Crippen LogP contribution is -2.58. The number of aliphatic hydroxyl groups excluding tert-OH is 1. The summed E-state index contributed by atoms with van der Waals surface area (Å²) in [6.45, 7) is 1.83. The molecule has 2 aliphatic heterocycles. The van der Waals surface area contributed by atoms with Crippen LogP contribution in [0.5, 0.6) is 0 Å². The third-order valence-electron chi connectivity index (χ3n) is 7.16. The number of aromatic nitrogens is 3. The number of amides is 1. The lowest BCUT2D eigenvalue weighted by molar-refractivity contribution is -0.0533. The van der Waals surface area contributed by atoms with E-state index in [-0.39, 0.29) is 23.5 Å². The zero-order chi connectivity index (χ0) is 25.5. The highest BCUT2D eigenvalue weighted by Gasteiger charge is 2.45. The van der Waals surface area contributed by atoms with Crippen molar-refractivity contribution in [3.8, 4) is 11.4 Å². The summed E-state index contributed by atoms with van der Waals surface area (Å²) < 4.78 is 20.5. The van der Waals surface area contributed by atoms with Gasteiger partial charge in [-0.3, -0.25) is 9.78 Å². The Labute approximate surface area is 215 Å². The van der Waals surface area contributed by atoms with Crippen LogP contribution in [0.1, 0.15) is 22.5 Å². The second-order valence-corrected chi connectivity index (χ2v) is 10.5. The molecule has 1 amide bonds. The predicted molar refractivity (Wildman–Crippen MR) is 139 cm³/mol. The van der Waals surface area contributed by atoms with Crippen molar-refractivity contribution in [2.75, 3.05) is 18.0 Å². The molecule has 7 rings (SSSR count). The fourth-order valence-electron chi connectivity index (χ4n) is 5.11. The number of benzene rings is 1. The second-order valence-electron chi connectivity index (χ2n) is 9.56. The van der Waals surface area contributed by atoms with Crippen LogP contribution in [0.4, 0.5) is 5.82 Å². The van der Waals surface area contributed by atoms with Crippen molar-refractivity contribution in [2.45, 2.75) is 24.0 Å². The van der Waals surface area contributed by atoms with Crippen LogP contribution in [0.3, 0.4) is 0 Å². The van der Waals surface area contributed by atoms with Crippen LogP contribution < -0.4 is 10.2 Å². The van der Waals surface area contributed by atoms with Gasteiger partial charge in [0.1, 0.15) is 5.82 Å². The molecular formula is C27H25N5O4S. The SMILES string of the molecule is O=C(NCc1cc2nc(-c3cccc(N4C[C@H]5C[C@@H](C4)C5O)n3)ccc2cn1)c1cccc(S(=O)O)c1. The monoisotopic (exact) mass is 515 g/mol. The van der Waals surface area contributed by atoms with E-state index in [1.807, 2.05) is 36.4 Å². The van der Waals surface area contributed by atoms with E-state index in [9.17, 15) is 18.7 Å². The maximum atomic E-state index is 12.5. The van der Waals surface area contributed by atoms with E-state index in [2.05, 4.69) is 15.2 Å². The molecular weight excluding hydrogens is 490 g/mol. The van der Waals surface area contributed by atoms with Crippen LogP contribution in [0.2, 0.25) is 0 Å². The number of anilines is 1. The number of nitrogens with one attached hydrogen (secondary N) is 1. The van der Waals surface area contributed by atoms with Crippen LogP contribution in [0, 0.1) is 11.8 Å². The Morgan fingerprint density at radius 2 is 1.81 bits per heavy atom. The van der Waals surface area contributed by atoms with E-state index in [0.29, 0.717) is 23.1 Å². The average Bonchev–Trinajstić information content (AvgIpc) is 2.95. The second kappa shape index (κ2) is 9.62. The molecule has 2 bridgehead atoms. The van der Waals surface area contributed by atoms with Crippen LogP contribution in [-0.4, -0.2) is 53.9 Å². The van der Waals surface area contributed by atoms with E-state index < -0.39 is 11.1 Å². The lowest BCUT2D eigenvalue weighted by atomic mass is 9.68. The van der Waals surface area contributed by atoms with Crippen molar-refractivity contribution in [1.29, 1.82) is 0 Å². The van der Waals surface area contributed by atoms with E-state index in [4.69, 9.17) is 9.97 Å². The quantitative estimate of drug-likeness (QED) is 0.334. The summed E-state index contributed by atoms with van der Waals surface area (Å²) in [5, 5.41) is 13.8. The van der Waals surface area contributed by atoms with E-state index >= 15 is 0 Å². The lowest BCUT2D eigenvalue weighted by Gasteiger charge is -2.51. The Bertz CT molecular complexity index is 1520. The molecule has 3 fully saturated rings. The van der Waals surface area contributed by atoms with E-state index in [0.717, 1.165) is 47.6 Å². The maximum Gasteiger partial charge on any atom is 0.251 e. The van der Waals surface area contributed by atoms with Gasteiger partial charge in [-0.2, -0.15) is 0 Å². The molecule has 3 aromatic heterocycles. The molecule has 2 unspecified atom stereocenters. The normalized spacial score (nSPS) is 21.4. The number of hydrogen-bond acceptors (Lipinski definition) is 7. The summed E-state index contributed by atoms with van der Waals surface area (Å²) in [4.78, 5) is 29.0. The number of carbonyl (C=O) groups excluding carboxylic acids is 1. The highest BCUT2D eigenvalue weighted by atomic mass is 32.2. The third kappa shape index (κ3) is 4.71. The Kier molecular flexibility index (Phi) is 6.15. The van der Waals surface area contributed by atoms with Crippen LogP contribution >= 0.6 is 0 Å². The van der Waals surface area contributed by atoms with Crippen molar-refractivity contribution >= 4 is 33.7 Å². The van der Waals surface area contributed by atoms with Crippen molar-refractivity contribution in [2.24, 2.45) is 11.8 Å². The molecule has 1 saturated carbocycles. The molecule has 3 aliphatic rings. The summed E-state index contributed by atoms with van der Waals surface area (Å²) in [5.74, 6) is 1.20. The zero-order valence-electron chi connectivity index (χ0n) is 19.8. The number of hydrogen-bond donors (Lipinski definition) is 3. The molecule has 1 aliphatic carbocycles. The Balaban J connectivity index is 1.19. The maximum absolute atomic E-state index is 12.5. The Morgan fingerprint density at radius 3 is 2.59 bits per heavy atom. The van der Waals surface area contributed by atoms with Crippen molar-refractivity contribution in [3.63, 3.8) is 0 Å². The first-order chi connectivity index (χ1) is 17.9. The van der Waals surface area contributed by atoms with Gasteiger partial charge in [0.25, 0.3) is 5.91 Å². The molecule has 5 heterocycles. The van der Waals surface area contributed by atoms with Gasteiger partial charge in [0.2, 0.25) is 0 Å². The van der Waals surface area contributed by atoms with Gasteiger partial charge >= 0.3 is 0 Å². The number of piperidine rings is 2. The number of pyridine rings is 3. The highest BCUT2D eigenvalue weighted by molar-refractivity contribution is 7.79. The van der Waals surface area contributed by atoms with Gasteiger partial charge in [0.05, 0.1) is 40.1 Å². The summed E-state index contributed by atoms with van der Waals surface area (Å²) in [6, 6.07) is 17.7. The van der Waals surface area contributed by atoms with E-state index in [1.54, 1.807) is 18.3 Å². The molecule has 4 atom stereocenters. The number of nitrogens with zero attached hydrogens (tertiary/aromatic N) is 4. The number of carbonyl (C=O) groups is 1. The molecule has 4 aromatic rings. The van der Waals surface area contributed by atoms with Gasteiger partial charge in [-0.05, 0) is 55.0 Å². The van der Waals surface area contributed by atoms with Crippen molar-refractivity contribution in [1.82, 2.24) is 20.3 Å². The fourth-order valence-corrected chi connectivity index (χ4v) is 5.53. The minimum atomic E-state index is -2.15. The molecule has 9 nitrogen and oxygen atoms in total. The van der Waals surface area contributed by atoms with Crippen LogP contribution in [-0.2, 0) is 17.6 Å². The summed E-state index contributed by atoms with van der Waals surface area (Å²) in [6.07, 6.45) is 2.64. The molecule has 10 heteroatoms. The molecule has 1 aromatic carbocycles. The average molecular weight is 516 g/mol. The van der Waals surface area contributed by atoms with Gasteiger partial charge < -0.3 is 19.9 Å². The molecule has 3 N–H and O–H groups in total. The van der Waals surface area contributed by atoms with Gasteiger partial charge in [-0.25, -0.2) is 14.2 Å². The zero-order valence-corrected chi connectivity index (χ0v) is 20.6. The van der Waals surface area contributed by atoms with Gasteiger partial charge in [-0.1, -0.05) is 12.1 Å². The fraction of sp³-hybridized carbons (Fsp3) is 0.259. The first-order valence-corrected chi connectivity index (χ1v) is 13.2. The van der Waals surface area contributed by atoms with Gasteiger partial charge in [0.15, 0.2) is 11.1 Å². The van der Waals surface area contributed by atoms with Crippen LogP contribution in [0.25, 0.3) is 22.3 Å². The predicted octanol–water partition coefficient (Wildman–Crippen LogP) is 3.02. The van der Waals surface area contributed by atoms with E-state index in [1.165, 1.54) is 12.1 Å². The van der Waals surface area contributed by atoms with Gasteiger partial charge in [0, 0.05) is 42.1 Å². The van der Waals surface area contributed by atoms with Crippen LogP contribution in [0.15, 0.2) is 71.8 Å². The van der Waals surface area contributed by atoms with Crippen molar-refractivity contribution in [3.05, 3.63) is 78.1 Å². The summed E-state index contributed by atoms with van der Waals surface area (Å²) in [7, 11) is 0. The largest absolute Gasteiger partial charge is 0.392 e. The molecule has 37 heavy (non-hydrogen) atoms. The minimum Gasteiger partial charge on any atom is -0.392 e. The highest BCUT2D eigenvalue weighted by Crippen LogP contribution is 2.41. The standard InChI is InChI=1S/C27H25N5O4S/c33-26-18-9-19(26)15-32(14-18)25-6-2-5-22(31-25)23-8-7-17-12-28-20(11-24(17)30-23)13-29-27(34)16-3-1-4-21(10-16)37(35)36/h1-8,10-12,18-19,26,33H,9,13-15H2,(H,29,34)(H,35,36)/t18-,19+,26?. The molecule has 0 spiro atoms. The smallest absolute Gasteiger partial charge is 0.251 e. The molecule has 2 saturated heterocycles. The number of rotatable bonds is 6. The number of fused-ring (bicyclic) bond motifs is 3.